The van der Waals surface area contributed by atoms with Crippen molar-refractivity contribution in [3.63, 3.8) is 0 Å². The second-order valence-corrected chi connectivity index (χ2v) is 6.19. The first-order chi connectivity index (χ1) is 12.2. The number of hydrogen-bond acceptors (Lipinski definition) is 5. The molecule has 0 N–H and O–H groups in total. The molecule has 124 valence electrons. The summed E-state index contributed by atoms with van der Waals surface area (Å²) in [5.74, 6) is -2.39. The average molecular weight is 352 g/mol. The van der Waals surface area contributed by atoms with Gasteiger partial charge in [-0.3, -0.25) is 19.1 Å². The van der Waals surface area contributed by atoms with Crippen molar-refractivity contribution in [2.45, 2.75) is 5.72 Å². The zero-order chi connectivity index (χ0) is 17.4. The van der Waals surface area contributed by atoms with Crippen LogP contribution >= 0.6 is 8.69 Å². The molecule has 0 radical (unpaired) electrons. The summed E-state index contributed by atoms with van der Waals surface area (Å²) in [5.41, 5.74) is -0.383. The Labute approximate surface area is 145 Å². The minimum absolute atomic E-state index is 0.353. The molecule has 0 spiro atoms. The SMILES string of the molecule is O=PO[C@]1(c2ccccc2)N=C[C@H]2C(=O)N(c3ccccc3)C(=O)[C@H]21. The summed E-state index contributed by atoms with van der Waals surface area (Å²) in [6.07, 6.45) is 1.44. The molecule has 6 nitrogen and oxygen atoms in total. The molecular formula is C18H13N2O4P. The molecule has 1 fully saturated rings. The number of amides is 2. The topological polar surface area (TPSA) is 76.0 Å². The van der Waals surface area contributed by atoms with E-state index in [0.717, 1.165) is 4.90 Å². The Morgan fingerprint density at radius 2 is 1.60 bits per heavy atom. The predicted molar refractivity (Wildman–Crippen MR) is 91.2 cm³/mol. The molecule has 2 aliphatic heterocycles. The standard InChI is InChI=1S/C18H13N2O4P/c21-16-14-11-19-18(24-25-23,12-7-3-1-4-8-12)15(14)17(22)20(16)13-9-5-2-6-10-13/h1-11,14-15H/t14-,15+,18+/m1/s1. The second kappa shape index (κ2) is 5.99. The molecule has 4 rings (SSSR count). The van der Waals surface area contributed by atoms with Gasteiger partial charge in [0.05, 0.1) is 11.6 Å². The lowest BCUT2D eigenvalue weighted by Gasteiger charge is -2.29. The number of anilines is 1. The van der Waals surface area contributed by atoms with Gasteiger partial charge in [-0.05, 0) is 12.1 Å². The van der Waals surface area contributed by atoms with Gasteiger partial charge in [-0.2, -0.15) is 0 Å². The van der Waals surface area contributed by atoms with E-state index >= 15 is 0 Å². The van der Waals surface area contributed by atoms with E-state index in [1.165, 1.54) is 6.21 Å². The molecule has 2 aromatic rings. The zero-order valence-corrected chi connectivity index (χ0v) is 13.9. The number of fused-ring (bicyclic) bond motifs is 1. The minimum atomic E-state index is -1.47. The first-order valence-electron chi connectivity index (χ1n) is 7.73. The Hall–Kier alpha value is -2.69. The van der Waals surface area contributed by atoms with Crippen molar-refractivity contribution in [1.82, 2.24) is 0 Å². The number of carbonyl (C=O) groups is 2. The van der Waals surface area contributed by atoms with Gasteiger partial charge < -0.3 is 0 Å². The second-order valence-electron chi connectivity index (χ2n) is 5.86. The molecule has 0 aromatic heterocycles. The minimum Gasteiger partial charge on any atom is -0.273 e. The molecule has 2 aromatic carbocycles. The van der Waals surface area contributed by atoms with Gasteiger partial charge in [0.15, 0.2) is 0 Å². The molecular weight excluding hydrogens is 339 g/mol. The maximum atomic E-state index is 13.1. The van der Waals surface area contributed by atoms with Crippen LogP contribution in [0.1, 0.15) is 5.56 Å². The quantitative estimate of drug-likeness (QED) is 0.626. The molecule has 3 atom stereocenters. The Kier molecular flexibility index (Phi) is 3.79. The van der Waals surface area contributed by atoms with Crippen LogP contribution in [0.5, 0.6) is 0 Å². The highest BCUT2D eigenvalue weighted by Gasteiger charge is 2.62. The lowest BCUT2D eigenvalue weighted by atomic mass is 9.85. The third-order valence-electron chi connectivity index (χ3n) is 4.58. The summed E-state index contributed by atoms with van der Waals surface area (Å²) in [5, 5.41) is 0. The van der Waals surface area contributed by atoms with E-state index in [9.17, 15) is 14.2 Å². The van der Waals surface area contributed by atoms with E-state index in [1.54, 1.807) is 48.5 Å². The van der Waals surface area contributed by atoms with Crippen LogP contribution in [-0.4, -0.2) is 18.0 Å². The van der Waals surface area contributed by atoms with Crippen LogP contribution in [0.4, 0.5) is 5.69 Å². The van der Waals surface area contributed by atoms with Crippen LogP contribution in [-0.2, 0) is 24.4 Å². The van der Waals surface area contributed by atoms with Gasteiger partial charge in [0.1, 0.15) is 5.92 Å². The van der Waals surface area contributed by atoms with E-state index in [2.05, 4.69) is 4.99 Å². The summed E-state index contributed by atoms with van der Waals surface area (Å²) in [7, 11) is -0.607. The van der Waals surface area contributed by atoms with Crippen molar-refractivity contribution >= 4 is 32.4 Å². The summed E-state index contributed by atoms with van der Waals surface area (Å²) < 4.78 is 16.7. The molecule has 7 heteroatoms. The average Bonchev–Trinajstić information content (AvgIpc) is 3.15. The van der Waals surface area contributed by atoms with Crippen LogP contribution in [0.25, 0.3) is 0 Å². The van der Waals surface area contributed by atoms with Crippen molar-refractivity contribution in [2.24, 2.45) is 16.8 Å². The number of imide groups is 1. The third kappa shape index (κ3) is 2.26. The summed E-state index contributed by atoms with van der Waals surface area (Å²) in [6.45, 7) is 0. The Bertz CT molecular complexity index is 871. The molecule has 25 heavy (non-hydrogen) atoms. The molecule has 0 bridgehead atoms. The number of carbonyl (C=O) groups excluding carboxylic acids is 2. The van der Waals surface area contributed by atoms with E-state index in [1.807, 2.05) is 12.1 Å². The van der Waals surface area contributed by atoms with Crippen LogP contribution < -0.4 is 4.90 Å². The lowest BCUT2D eigenvalue weighted by Crippen LogP contribution is -2.39. The first-order valence-corrected chi connectivity index (χ1v) is 8.46. The van der Waals surface area contributed by atoms with E-state index in [4.69, 9.17) is 4.52 Å². The number of aliphatic imine (C=N–C) groups is 1. The highest BCUT2D eigenvalue weighted by atomic mass is 31.1. The number of para-hydroxylation sites is 1. The van der Waals surface area contributed by atoms with Gasteiger partial charge in [-0.25, -0.2) is 9.46 Å². The largest absolute Gasteiger partial charge is 0.330 e. The van der Waals surface area contributed by atoms with Crippen molar-refractivity contribution in [1.29, 1.82) is 0 Å². The maximum Gasteiger partial charge on any atom is 0.330 e. The number of benzene rings is 2. The Balaban J connectivity index is 1.82. The smallest absolute Gasteiger partial charge is 0.273 e. The summed E-state index contributed by atoms with van der Waals surface area (Å²) in [6, 6.07) is 17.6. The zero-order valence-electron chi connectivity index (χ0n) is 13.0. The monoisotopic (exact) mass is 352 g/mol. The van der Waals surface area contributed by atoms with Crippen LogP contribution in [0.3, 0.4) is 0 Å². The van der Waals surface area contributed by atoms with Gasteiger partial charge >= 0.3 is 8.69 Å². The van der Waals surface area contributed by atoms with Crippen LogP contribution in [0.15, 0.2) is 65.7 Å². The highest BCUT2D eigenvalue weighted by Crippen LogP contribution is 2.50. The van der Waals surface area contributed by atoms with Gasteiger partial charge in [-0.1, -0.05) is 48.5 Å². The molecule has 1 saturated heterocycles. The molecule has 0 unspecified atom stereocenters. The van der Waals surface area contributed by atoms with Crippen molar-refractivity contribution in [2.75, 3.05) is 4.90 Å². The predicted octanol–water partition coefficient (Wildman–Crippen LogP) is 2.95. The van der Waals surface area contributed by atoms with Gasteiger partial charge in [0, 0.05) is 11.8 Å². The van der Waals surface area contributed by atoms with Crippen LogP contribution in [0.2, 0.25) is 0 Å². The normalized spacial score (nSPS) is 27.9. The van der Waals surface area contributed by atoms with Crippen molar-refractivity contribution in [3.8, 4) is 0 Å². The van der Waals surface area contributed by atoms with Gasteiger partial charge in [-0.15, -0.1) is 0 Å². The van der Waals surface area contributed by atoms with Crippen molar-refractivity contribution in [3.05, 3.63) is 66.2 Å². The van der Waals surface area contributed by atoms with Crippen LogP contribution in [0, 0.1) is 11.8 Å². The van der Waals surface area contributed by atoms with Crippen molar-refractivity contribution < 1.29 is 18.7 Å². The maximum absolute atomic E-state index is 13.1. The fraction of sp³-hybridized carbons (Fsp3) is 0.167. The molecule has 0 aliphatic carbocycles. The fourth-order valence-electron chi connectivity index (χ4n) is 3.48. The third-order valence-corrected chi connectivity index (χ3v) is 4.93. The lowest BCUT2D eigenvalue weighted by molar-refractivity contribution is -0.126. The van der Waals surface area contributed by atoms with E-state index in [0.29, 0.717) is 11.3 Å². The number of rotatable bonds is 4. The molecule has 2 aliphatic rings. The summed E-state index contributed by atoms with van der Waals surface area (Å²) >= 11 is 0. The number of nitrogens with zero attached hydrogens (tertiary/aromatic N) is 2. The highest BCUT2D eigenvalue weighted by molar-refractivity contribution is 7.17. The first kappa shape index (κ1) is 15.8. The Morgan fingerprint density at radius 3 is 2.24 bits per heavy atom. The Morgan fingerprint density at radius 1 is 0.960 bits per heavy atom. The fourth-order valence-corrected chi connectivity index (χ4v) is 3.86. The molecule has 2 amide bonds. The summed E-state index contributed by atoms with van der Waals surface area (Å²) in [4.78, 5) is 31.4. The van der Waals surface area contributed by atoms with E-state index in [-0.39, 0.29) is 5.91 Å². The number of hydrogen-bond donors (Lipinski definition) is 0. The van der Waals surface area contributed by atoms with Gasteiger partial charge in [0.25, 0.3) is 0 Å². The molecule has 0 saturated carbocycles. The van der Waals surface area contributed by atoms with Gasteiger partial charge in [0.2, 0.25) is 17.5 Å². The molecule has 2 heterocycles. The van der Waals surface area contributed by atoms with E-state index < -0.39 is 32.2 Å².